The van der Waals surface area contributed by atoms with Gasteiger partial charge in [0.15, 0.2) is 5.82 Å². The van der Waals surface area contributed by atoms with E-state index in [2.05, 4.69) is 20.5 Å². The van der Waals surface area contributed by atoms with Gasteiger partial charge >= 0.3 is 0 Å². The molecule has 23 heavy (non-hydrogen) atoms. The Morgan fingerprint density at radius 1 is 1.43 bits per heavy atom. The first-order valence-electron chi connectivity index (χ1n) is 6.63. The molecular weight excluding hydrogens is 322 g/mol. The molecule has 0 bridgehead atoms. The van der Waals surface area contributed by atoms with Gasteiger partial charge in [-0.15, -0.1) is 0 Å². The van der Waals surface area contributed by atoms with Crippen molar-refractivity contribution < 1.29 is 17.9 Å². The van der Waals surface area contributed by atoms with Crippen LogP contribution in [0.2, 0.25) is 0 Å². The number of methoxy groups -OCH3 is 1. The lowest BCUT2D eigenvalue weighted by atomic mass is 10.1. The maximum absolute atomic E-state index is 12.4. The van der Waals surface area contributed by atoms with Crippen LogP contribution in [0.3, 0.4) is 0 Å². The molecule has 0 spiro atoms. The molecule has 4 N–H and O–H groups in total. The molecule has 1 unspecified atom stereocenters. The highest BCUT2D eigenvalue weighted by Gasteiger charge is 2.20. The number of amides is 1. The van der Waals surface area contributed by atoms with Crippen LogP contribution >= 0.6 is 0 Å². The summed E-state index contributed by atoms with van der Waals surface area (Å²) in [6.07, 6.45) is 0. The Morgan fingerprint density at radius 2 is 2.13 bits per heavy atom. The second-order valence-corrected chi connectivity index (χ2v) is 6.44. The zero-order valence-corrected chi connectivity index (χ0v) is 13.6. The van der Waals surface area contributed by atoms with Gasteiger partial charge in [0, 0.05) is 0 Å². The number of rotatable bonds is 5. The number of aryl methyl sites for hydroxylation is 1. The zero-order chi connectivity index (χ0) is 17.2. The molecule has 9 nitrogen and oxygen atoms in total. The van der Waals surface area contributed by atoms with Gasteiger partial charge in [0.25, 0.3) is 5.91 Å². The molecule has 0 radical (unpaired) electrons. The van der Waals surface area contributed by atoms with E-state index in [0.717, 1.165) is 0 Å². The number of ether oxygens (including phenoxy) is 1. The van der Waals surface area contributed by atoms with Gasteiger partial charge in [-0.3, -0.25) is 9.89 Å². The average molecular weight is 339 g/mol. The first kappa shape index (κ1) is 16.9. The number of benzene rings is 1. The smallest absolute Gasteiger partial charge is 0.255 e. The maximum Gasteiger partial charge on any atom is 0.255 e. The number of H-pyrrole nitrogens is 1. The Balaban J connectivity index is 2.30. The van der Waals surface area contributed by atoms with Gasteiger partial charge in [0.1, 0.15) is 11.6 Å². The third-order valence-electron chi connectivity index (χ3n) is 3.09. The summed E-state index contributed by atoms with van der Waals surface area (Å²) in [5.74, 6) is 0.739. The lowest BCUT2D eigenvalue weighted by Crippen LogP contribution is -2.28. The van der Waals surface area contributed by atoms with Gasteiger partial charge in [0.05, 0.1) is 23.6 Å². The number of nitrogens with one attached hydrogen (secondary N) is 2. The number of nitrogens with zero attached hydrogens (tertiary/aromatic N) is 2. The normalized spacial score (nSPS) is 12.7. The van der Waals surface area contributed by atoms with Crippen LogP contribution in [0.15, 0.2) is 23.1 Å². The molecule has 0 aliphatic heterocycles. The zero-order valence-electron chi connectivity index (χ0n) is 12.8. The van der Waals surface area contributed by atoms with Crippen LogP contribution in [0.5, 0.6) is 5.75 Å². The highest BCUT2D eigenvalue weighted by molar-refractivity contribution is 7.89. The molecule has 2 rings (SSSR count). The number of hydrogen-bond acceptors (Lipinski definition) is 6. The molecule has 124 valence electrons. The standard InChI is InChI=1S/C13H17N5O4S/c1-7(12-16-8(2)17-18-12)15-13(19)10-6-9(23(14,20)21)4-5-11(10)22-3/h4-7H,1-3H3,(H,15,19)(H2,14,20,21)(H,16,17,18). The van der Waals surface area contributed by atoms with E-state index < -0.39 is 22.0 Å². The maximum atomic E-state index is 12.4. The summed E-state index contributed by atoms with van der Waals surface area (Å²) in [6, 6.07) is 3.33. The molecule has 0 aliphatic rings. The topological polar surface area (TPSA) is 140 Å². The second-order valence-electron chi connectivity index (χ2n) is 4.88. The highest BCUT2D eigenvalue weighted by atomic mass is 32.2. The molecule has 0 aliphatic carbocycles. The van der Waals surface area contributed by atoms with Crippen molar-refractivity contribution in [3.05, 3.63) is 35.4 Å². The molecule has 1 aromatic carbocycles. The van der Waals surface area contributed by atoms with Crippen LogP contribution in [0.25, 0.3) is 0 Å². The third-order valence-corrected chi connectivity index (χ3v) is 4.00. The van der Waals surface area contributed by atoms with Gasteiger partial charge in [-0.2, -0.15) is 5.10 Å². The van der Waals surface area contributed by atoms with Crippen molar-refractivity contribution in [2.45, 2.75) is 24.8 Å². The van der Waals surface area contributed by atoms with Crippen molar-refractivity contribution in [2.75, 3.05) is 7.11 Å². The number of carbonyl (C=O) groups excluding carboxylic acids is 1. The highest BCUT2D eigenvalue weighted by Crippen LogP contribution is 2.22. The Morgan fingerprint density at radius 3 is 2.65 bits per heavy atom. The van der Waals surface area contributed by atoms with Crippen molar-refractivity contribution in [1.29, 1.82) is 0 Å². The van der Waals surface area contributed by atoms with E-state index in [1.165, 1.54) is 25.3 Å². The van der Waals surface area contributed by atoms with Gasteiger partial charge < -0.3 is 10.1 Å². The molecule has 0 saturated carbocycles. The van der Waals surface area contributed by atoms with E-state index in [-0.39, 0.29) is 16.2 Å². The van der Waals surface area contributed by atoms with Gasteiger partial charge in [-0.05, 0) is 32.0 Å². The molecule has 1 aromatic heterocycles. The van der Waals surface area contributed by atoms with Gasteiger partial charge in [-0.1, -0.05) is 0 Å². The van der Waals surface area contributed by atoms with Crippen molar-refractivity contribution >= 4 is 15.9 Å². The van der Waals surface area contributed by atoms with E-state index in [9.17, 15) is 13.2 Å². The van der Waals surface area contributed by atoms with Crippen LogP contribution in [0.1, 0.15) is 35.0 Å². The minimum absolute atomic E-state index is 0.0538. The van der Waals surface area contributed by atoms with Crippen molar-refractivity contribution in [3.8, 4) is 5.75 Å². The first-order chi connectivity index (χ1) is 10.7. The molecule has 10 heteroatoms. The molecular formula is C13H17N5O4S. The van der Waals surface area contributed by atoms with E-state index >= 15 is 0 Å². The second kappa shape index (κ2) is 6.34. The monoisotopic (exact) mass is 339 g/mol. The minimum Gasteiger partial charge on any atom is -0.496 e. The number of aromatic nitrogens is 3. The third kappa shape index (κ3) is 3.85. The summed E-state index contributed by atoms with van der Waals surface area (Å²) in [5, 5.41) is 14.4. The summed E-state index contributed by atoms with van der Waals surface area (Å²) in [4.78, 5) is 16.4. The first-order valence-corrected chi connectivity index (χ1v) is 8.17. The van der Waals surface area contributed by atoms with E-state index in [0.29, 0.717) is 11.6 Å². The number of aromatic amines is 1. The summed E-state index contributed by atoms with van der Waals surface area (Å²) in [6.45, 7) is 3.44. The Hall–Kier alpha value is -2.46. The number of hydrogen-bond donors (Lipinski definition) is 3. The molecule has 2 aromatic rings. The van der Waals surface area contributed by atoms with Gasteiger partial charge in [-0.25, -0.2) is 18.5 Å². The summed E-state index contributed by atoms with van der Waals surface area (Å²) < 4.78 is 28.0. The Kier molecular flexibility index (Phi) is 4.66. The van der Waals surface area contributed by atoms with E-state index in [1.807, 2.05) is 0 Å². The van der Waals surface area contributed by atoms with Crippen molar-refractivity contribution in [3.63, 3.8) is 0 Å². The summed E-state index contributed by atoms with van der Waals surface area (Å²) >= 11 is 0. The Bertz CT molecular complexity index is 831. The van der Waals surface area contributed by atoms with Crippen molar-refractivity contribution in [2.24, 2.45) is 5.14 Å². The SMILES string of the molecule is COc1ccc(S(N)(=O)=O)cc1C(=O)NC(C)c1n[nH]c(C)n1. The number of sulfonamides is 1. The fourth-order valence-corrected chi connectivity index (χ4v) is 2.47. The van der Waals surface area contributed by atoms with Crippen molar-refractivity contribution in [1.82, 2.24) is 20.5 Å². The predicted octanol–water partition coefficient (Wildman–Crippen LogP) is 0.260. The molecule has 0 saturated heterocycles. The van der Waals surface area contributed by atoms with Crippen LogP contribution in [-0.2, 0) is 10.0 Å². The fourth-order valence-electron chi connectivity index (χ4n) is 1.93. The summed E-state index contributed by atoms with van der Waals surface area (Å²) in [7, 11) is -2.55. The number of nitrogens with two attached hydrogens (primary N) is 1. The average Bonchev–Trinajstić information content (AvgIpc) is 2.92. The fraction of sp³-hybridized carbons (Fsp3) is 0.308. The van der Waals surface area contributed by atoms with Crippen LogP contribution in [0, 0.1) is 6.92 Å². The van der Waals surface area contributed by atoms with Crippen LogP contribution < -0.4 is 15.2 Å². The quantitative estimate of drug-likeness (QED) is 0.714. The molecule has 1 heterocycles. The minimum atomic E-state index is -3.93. The number of primary sulfonamides is 1. The molecule has 1 amide bonds. The summed E-state index contributed by atoms with van der Waals surface area (Å²) in [5.41, 5.74) is 0.0538. The lowest BCUT2D eigenvalue weighted by molar-refractivity contribution is 0.0935. The largest absolute Gasteiger partial charge is 0.496 e. The lowest BCUT2D eigenvalue weighted by Gasteiger charge is -2.13. The van der Waals surface area contributed by atoms with E-state index in [1.54, 1.807) is 13.8 Å². The van der Waals surface area contributed by atoms with Crippen LogP contribution in [0.4, 0.5) is 0 Å². The molecule has 0 fully saturated rings. The number of carbonyl (C=O) groups is 1. The predicted molar refractivity (Wildman–Crippen MR) is 81.4 cm³/mol. The van der Waals surface area contributed by atoms with Crippen LogP contribution in [-0.4, -0.2) is 36.6 Å². The van der Waals surface area contributed by atoms with Gasteiger partial charge in [0.2, 0.25) is 10.0 Å². The molecule has 1 atom stereocenters. The Labute approximate surface area is 133 Å². The van der Waals surface area contributed by atoms with E-state index in [4.69, 9.17) is 9.88 Å².